The van der Waals surface area contributed by atoms with Gasteiger partial charge >= 0.3 is 6.09 Å². The molecule has 0 spiro atoms. The largest absolute Gasteiger partial charge is 0.489 e. The first-order valence-electron chi connectivity index (χ1n) is 16.1. The first-order chi connectivity index (χ1) is 22.7. The first-order valence-corrected chi connectivity index (χ1v) is 17.7. The van der Waals surface area contributed by atoms with Gasteiger partial charge in [0.1, 0.15) is 29.8 Å². The van der Waals surface area contributed by atoms with Crippen LogP contribution in [0.4, 0.5) is 4.79 Å². The molecule has 16 heteroatoms. The van der Waals surface area contributed by atoms with E-state index in [9.17, 15) is 32.7 Å². The summed E-state index contributed by atoms with van der Waals surface area (Å²) in [7, 11) is -3.93. The molecule has 49 heavy (non-hydrogen) atoms. The topological polar surface area (TPSA) is 206 Å². The molecular weight excluding hydrogens is 656 g/mol. The SMILES string of the molecule is C=CC(C)[C@@H](NC(=O)[C@@H]1C[C@@H](Oc2nc3ccccc3nc2O)CN1C(=O)[C@@H](NC(=O)OC(C)(C)C)C(C)(C)C)C(=O)NS(=O)(=O)C1CC1. The number of para-hydroxylation sites is 2. The van der Waals surface area contributed by atoms with Gasteiger partial charge in [0, 0.05) is 12.3 Å². The minimum atomic E-state index is -3.93. The van der Waals surface area contributed by atoms with Gasteiger partial charge in [-0.15, -0.1) is 6.58 Å². The van der Waals surface area contributed by atoms with Crippen molar-refractivity contribution in [2.24, 2.45) is 11.3 Å². The van der Waals surface area contributed by atoms with Crippen LogP contribution in [0.15, 0.2) is 36.9 Å². The number of fused-ring (bicyclic) bond motifs is 1. The fourth-order valence-electron chi connectivity index (χ4n) is 5.31. The maximum atomic E-state index is 14.3. The number of likely N-dealkylation sites (tertiary alicyclic amines) is 1. The number of carbonyl (C=O) groups excluding carboxylic acids is 4. The molecule has 1 unspecified atom stereocenters. The number of amides is 4. The zero-order chi connectivity index (χ0) is 36.5. The Morgan fingerprint density at radius 1 is 1.04 bits per heavy atom. The van der Waals surface area contributed by atoms with Crippen LogP contribution in [0, 0.1) is 11.3 Å². The maximum absolute atomic E-state index is 14.3. The van der Waals surface area contributed by atoms with Crippen molar-refractivity contribution in [2.45, 2.75) is 103 Å². The van der Waals surface area contributed by atoms with Crippen LogP contribution >= 0.6 is 0 Å². The zero-order valence-electron chi connectivity index (χ0n) is 28.8. The van der Waals surface area contributed by atoms with Crippen molar-refractivity contribution in [3.8, 4) is 11.8 Å². The highest BCUT2D eigenvalue weighted by molar-refractivity contribution is 7.90. The van der Waals surface area contributed by atoms with Gasteiger partial charge in [0.15, 0.2) is 0 Å². The Morgan fingerprint density at radius 2 is 1.65 bits per heavy atom. The molecular formula is C33H46N6O9S. The maximum Gasteiger partial charge on any atom is 0.408 e. The molecule has 15 nitrogen and oxygen atoms in total. The van der Waals surface area contributed by atoms with Crippen LogP contribution in [-0.4, -0.2) is 93.8 Å². The monoisotopic (exact) mass is 702 g/mol. The second-order valence-electron chi connectivity index (χ2n) is 14.6. The van der Waals surface area contributed by atoms with Crippen molar-refractivity contribution < 1.29 is 42.2 Å². The van der Waals surface area contributed by atoms with Crippen LogP contribution in [0.25, 0.3) is 11.0 Å². The molecule has 1 aromatic heterocycles. The van der Waals surface area contributed by atoms with E-state index in [-0.39, 0.29) is 18.8 Å². The minimum Gasteiger partial charge on any atom is -0.489 e. The van der Waals surface area contributed by atoms with Crippen LogP contribution in [0.3, 0.4) is 0 Å². The molecule has 2 aliphatic rings. The number of nitrogens with one attached hydrogen (secondary N) is 3. The normalized spacial score (nSPS) is 20.1. The molecule has 4 amide bonds. The summed E-state index contributed by atoms with van der Waals surface area (Å²) in [5.74, 6) is -3.73. The predicted molar refractivity (Wildman–Crippen MR) is 180 cm³/mol. The number of aromatic nitrogens is 2. The van der Waals surface area contributed by atoms with Gasteiger partial charge in [-0.25, -0.2) is 23.2 Å². The molecule has 1 aliphatic heterocycles. The highest BCUT2D eigenvalue weighted by Crippen LogP contribution is 2.32. The van der Waals surface area contributed by atoms with Crippen LogP contribution in [0.5, 0.6) is 11.8 Å². The summed E-state index contributed by atoms with van der Waals surface area (Å²) in [4.78, 5) is 64.1. The molecule has 2 heterocycles. The summed E-state index contributed by atoms with van der Waals surface area (Å²) < 4.78 is 38.6. The van der Waals surface area contributed by atoms with Crippen molar-refractivity contribution in [3.63, 3.8) is 0 Å². The Kier molecular flexibility index (Phi) is 10.8. The van der Waals surface area contributed by atoms with Gasteiger partial charge in [0.25, 0.3) is 17.7 Å². The molecule has 0 bridgehead atoms. The lowest BCUT2D eigenvalue weighted by Crippen LogP contribution is -2.60. The number of ether oxygens (including phenoxy) is 2. The Hall–Kier alpha value is -4.47. The predicted octanol–water partition coefficient (Wildman–Crippen LogP) is 2.54. The third-order valence-corrected chi connectivity index (χ3v) is 9.94. The molecule has 5 atom stereocenters. The van der Waals surface area contributed by atoms with Crippen LogP contribution in [-0.2, 0) is 29.1 Å². The van der Waals surface area contributed by atoms with Crippen molar-refractivity contribution >= 4 is 44.9 Å². The lowest BCUT2D eigenvalue weighted by Gasteiger charge is -2.36. The van der Waals surface area contributed by atoms with Crippen molar-refractivity contribution in [3.05, 3.63) is 36.9 Å². The lowest BCUT2D eigenvalue weighted by atomic mass is 9.85. The van der Waals surface area contributed by atoms with Gasteiger partial charge in [-0.2, -0.15) is 0 Å². The Bertz CT molecular complexity index is 1720. The average molecular weight is 703 g/mol. The summed E-state index contributed by atoms with van der Waals surface area (Å²) >= 11 is 0. The molecule has 2 fully saturated rings. The van der Waals surface area contributed by atoms with E-state index in [4.69, 9.17) is 9.47 Å². The summed E-state index contributed by atoms with van der Waals surface area (Å²) in [5, 5.41) is 15.2. The fraction of sp³-hybridized carbons (Fsp3) is 0.576. The molecule has 268 valence electrons. The number of hydrogen-bond donors (Lipinski definition) is 4. The Labute approximate surface area is 286 Å². The lowest BCUT2D eigenvalue weighted by molar-refractivity contribution is -0.142. The van der Waals surface area contributed by atoms with Gasteiger partial charge < -0.3 is 30.1 Å². The number of sulfonamides is 1. The molecule has 2 aromatic rings. The molecule has 4 rings (SSSR count). The molecule has 4 N–H and O–H groups in total. The summed E-state index contributed by atoms with van der Waals surface area (Å²) in [6.45, 7) is 15.4. The minimum absolute atomic E-state index is 0.105. The highest BCUT2D eigenvalue weighted by atomic mass is 32.2. The molecule has 1 saturated heterocycles. The van der Waals surface area contributed by atoms with Crippen molar-refractivity contribution in [1.29, 1.82) is 0 Å². The van der Waals surface area contributed by atoms with Gasteiger partial charge in [0.2, 0.25) is 21.8 Å². The van der Waals surface area contributed by atoms with E-state index in [0.29, 0.717) is 23.9 Å². The van der Waals surface area contributed by atoms with E-state index in [1.165, 1.54) is 11.0 Å². The van der Waals surface area contributed by atoms with Crippen LogP contribution in [0.1, 0.15) is 67.7 Å². The third-order valence-electron chi connectivity index (χ3n) is 8.11. The second kappa shape index (κ2) is 14.2. The van der Waals surface area contributed by atoms with E-state index in [2.05, 4.69) is 31.9 Å². The van der Waals surface area contributed by atoms with Crippen LogP contribution in [0.2, 0.25) is 0 Å². The number of rotatable bonds is 11. The Balaban J connectivity index is 1.65. The number of hydrogen-bond acceptors (Lipinski definition) is 11. The quantitative estimate of drug-likeness (QED) is 0.250. The third kappa shape index (κ3) is 9.37. The summed E-state index contributed by atoms with van der Waals surface area (Å²) in [5.41, 5.74) is -0.832. The summed E-state index contributed by atoms with van der Waals surface area (Å²) in [6, 6.07) is 3.07. The highest BCUT2D eigenvalue weighted by Gasteiger charge is 2.47. The summed E-state index contributed by atoms with van der Waals surface area (Å²) in [6.07, 6.45) is 0.438. The van der Waals surface area contributed by atoms with E-state index >= 15 is 0 Å². The molecule has 1 aliphatic carbocycles. The van der Waals surface area contributed by atoms with Crippen molar-refractivity contribution in [1.82, 2.24) is 30.2 Å². The number of nitrogens with zero attached hydrogens (tertiary/aromatic N) is 3. The molecule has 1 aromatic carbocycles. The number of alkyl carbamates (subject to hydrolysis) is 1. The number of benzene rings is 1. The fourth-order valence-corrected chi connectivity index (χ4v) is 6.64. The molecule has 1 saturated carbocycles. The average Bonchev–Trinajstić information content (AvgIpc) is 3.78. The van der Waals surface area contributed by atoms with Gasteiger partial charge in [-0.3, -0.25) is 19.1 Å². The van der Waals surface area contributed by atoms with E-state index in [1.807, 2.05) is 0 Å². The first kappa shape index (κ1) is 37.4. The van der Waals surface area contributed by atoms with Crippen LogP contribution < -0.4 is 20.1 Å². The second-order valence-corrected chi connectivity index (χ2v) is 16.5. The zero-order valence-corrected chi connectivity index (χ0v) is 29.7. The number of carbonyl (C=O) groups is 4. The van der Waals surface area contributed by atoms with E-state index < -0.39 is 86.1 Å². The van der Waals surface area contributed by atoms with Gasteiger partial charge in [-0.1, -0.05) is 45.9 Å². The van der Waals surface area contributed by atoms with Gasteiger partial charge in [-0.05, 0) is 51.2 Å². The smallest absolute Gasteiger partial charge is 0.408 e. The Morgan fingerprint density at radius 3 is 2.20 bits per heavy atom. The van der Waals surface area contributed by atoms with Gasteiger partial charge in [0.05, 0.1) is 22.8 Å². The van der Waals surface area contributed by atoms with E-state index in [0.717, 1.165) is 0 Å². The van der Waals surface area contributed by atoms with Crippen molar-refractivity contribution in [2.75, 3.05) is 6.54 Å². The standard InChI is InChI=1S/C33H46N6O9S/c1-9-18(2)24(27(41)38-49(45,46)20-14-15-20)36-26(40)23-16-19(47-29-28(42)34-21-12-10-11-13-22(21)35-29)17-39(23)30(43)25(32(3,4)5)37-31(44)48-33(6,7)8/h9-13,18-20,23-25H,1,14-17H2,2-8H3,(H,34,42)(H,36,40)(H,37,44)(H,38,41)/t18?,19-,23+,24-,25-/m1/s1. The van der Waals surface area contributed by atoms with E-state index in [1.54, 1.807) is 72.7 Å². The molecule has 0 radical (unpaired) electrons. The number of aromatic hydroxyl groups is 1.